The highest BCUT2D eigenvalue weighted by Gasteiger charge is 2.31. The molecule has 0 fully saturated rings. The summed E-state index contributed by atoms with van der Waals surface area (Å²) in [6, 6.07) is 24.6. The number of carboxylic acid groups (broad SMARTS) is 1. The number of anilines is 1. The van der Waals surface area contributed by atoms with Gasteiger partial charge < -0.3 is 25.2 Å². The number of aromatic nitrogens is 1. The van der Waals surface area contributed by atoms with Crippen molar-refractivity contribution < 1.29 is 29.3 Å². The summed E-state index contributed by atoms with van der Waals surface area (Å²) in [6.45, 7) is 4.02. The van der Waals surface area contributed by atoms with Crippen molar-refractivity contribution in [2.24, 2.45) is 0 Å². The maximum atomic E-state index is 14.1. The number of rotatable bonds is 12. The molecule has 8 heteroatoms. The van der Waals surface area contributed by atoms with Crippen molar-refractivity contribution in [3.05, 3.63) is 102 Å². The lowest BCUT2D eigenvalue weighted by molar-refractivity contribution is -0.139. The number of hydrogen-bond donors (Lipinski definition) is 4. The Balaban J connectivity index is 1.90. The first-order valence-electron chi connectivity index (χ1n) is 13.7. The number of halogens is 1. The van der Waals surface area contributed by atoms with Crippen LogP contribution in [-0.4, -0.2) is 44.0 Å². The van der Waals surface area contributed by atoms with Gasteiger partial charge >= 0.3 is 5.97 Å². The van der Waals surface area contributed by atoms with Crippen LogP contribution in [0.15, 0.2) is 84.9 Å². The highest BCUT2D eigenvalue weighted by molar-refractivity contribution is 6.12. The highest BCUT2D eigenvalue weighted by Crippen LogP contribution is 2.42. The predicted octanol–water partition coefficient (Wildman–Crippen LogP) is 6.31. The molecule has 214 valence electrons. The van der Waals surface area contributed by atoms with Gasteiger partial charge in [-0.15, -0.1) is 0 Å². The van der Waals surface area contributed by atoms with Crippen molar-refractivity contribution in [2.75, 3.05) is 5.32 Å². The smallest absolute Gasteiger partial charge is 0.305 e. The fourth-order valence-corrected chi connectivity index (χ4v) is 5.16. The largest absolute Gasteiger partial charge is 0.481 e. The van der Waals surface area contributed by atoms with Crippen LogP contribution in [0.25, 0.3) is 22.4 Å². The summed E-state index contributed by atoms with van der Waals surface area (Å²) in [4.78, 5) is 25.0. The summed E-state index contributed by atoms with van der Waals surface area (Å²) >= 11 is 0. The standard InChI is InChI=1S/C33H35FN2O5/c1-21(2)31-30(33(41)35-25-11-7-4-8-12-25)29(22-9-5-3-6-10-22)32(23-13-15-24(34)16-14-23)36(31)20-27(38)18-17-26(37)19-28(39)40/h3-16,21,26-27,37-38H,17-20H2,1-2H3,(H,35,41)(H,39,40)/t26-,27-/m1/s1. The minimum atomic E-state index is -1.11. The zero-order valence-corrected chi connectivity index (χ0v) is 23.1. The SMILES string of the molecule is CC(C)c1c(C(=O)Nc2ccccc2)c(-c2ccccc2)c(-c2ccc(F)cc2)n1C[C@H](O)CC[C@@H](O)CC(=O)O. The van der Waals surface area contributed by atoms with Crippen molar-refractivity contribution in [2.45, 2.75) is 57.8 Å². The van der Waals surface area contributed by atoms with Crippen LogP contribution in [-0.2, 0) is 11.3 Å². The number of aliphatic hydroxyl groups excluding tert-OH is 2. The van der Waals surface area contributed by atoms with E-state index in [9.17, 15) is 24.2 Å². The second kappa shape index (κ2) is 13.4. The monoisotopic (exact) mass is 558 g/mol. The van der Waals surface area contributed by atoms with Crippen LogP contribution < -0.4 is 5.32 Å². The van der Waals surface area contributed by atoms with Crippen molar-refractivity contribution >= 4 is 17.6 Å². The van der Waals surface area contributed by atoms with Crippen LogP contribution in [0.1, 0.15) is 55.1 Å². The number of nitrogens with zero attached hydrogens (tertiary/aromatic N) is 1. The summed E-state index contributed by atoms with van der Waals surface area (Å²) in [7, 11) is 0. The third kappa shape index (κ3) is 7.28. The van der Waals surface area contributed by atoms with Gasteiger partial charge in [-0.25, -0.2) is 4.39 Å². The average molecular weight is 559 g/mol. The van der Waals surface area contributed by atoms with Gasteiger partial charge in [0.25, 0.3) is 5.91 Å². The Bertz CT molecular complexity index is 1470. The third-order valence-corrected chi connectivity index (χ3v) is 6.93. The molecular weight excluding hydrogens is 523 g/mol. The topological polar surface area (TPSA) is 112 Å². The Morgan fingerprint density at radius 1 is 0.829 bits per heavy atom. The first kappa shape index (κ1) is 29.7. The van der Waals surface area contributed by atoms with Crippen LogP contribution >= 0.6 is 0 Å². The van der Waals surface area contributed by atoms with Gasteiger partial charge in [0.05, 0.1) is 29.9 Å². The van der Waals surface area contributed by atoms with Crippen molar-refractivity contribution in [3.8, 4) is 22.4 Å². The van der Waals surface area contributed by atoms with Gasteiger partial charge in [-0.2, -0.15) is 0 Å². The molecule has 0 aliphatic heterocycles. The minimum Gasteiger partial charge on any atom is -0.481 e. The predicted molar refractivity (Wildman–Crippen MR) is 157 cm³/mol. The van der Waals surface area contributed by atoms with E-state index in [4.69, 9.17) is 5.11 Å². The zero-order valence-electron chi connectivity index (χ0n) is 23.1. The van der Waals surface area contributed by atoms with Crippen LogP contribution in [0.5, 0.6) is 0 Å². The van der Waals surface area contributed by atoms with Gasteiger partial charge in [-0.05, 0) is 66.3 Å². The molecule has 0 spiro atoms. The summed E-state index contributed by atoms with van der Waals surface area (Å²) in [5.41, 5.74) is 4.56. The molecule has 0 bridgehead atoms. The van der Waals surface area contributed by atoms with E-state index in [0.717, 1.165) is 5.56 Å². The summed E-state index contributed by atoms with van der Waals surface area (Å²) in [6.07, 6.45) is -2.18. The zero-order chi connectivity index (χ0) is 29.5. The van der Waals surface area contributed by atoms with Gasteiger partial charge in [-0.1, -0.05) is 62.4 Å². The number of carbonyl (C=O) groups excluding carboxylic acids is 1. The van der Waals surface area contributed by atoms with E-state index in [2.05, 4.69) is 5.32 Å². The molecule has 0 radical (unpaired) electrons. The maximum absolute atomic E-state index is 14.1. The molecule has 1 heterocycles. The van der Waals surface area contributed by atoms with Crippen LogP contribution in [0.4, 0.5) is 10.1 Å². The highest BCUT2D eigenvalue weighted by atomic mass is 19.1. The number of hydrogen-bond acceptors (Lipinski definition) is 4. The first-order valence-corrected chi connectivity index (χ1v) is 13.7. The molecule has 2 atom stereocenters. The number of aliphatic hydroxyl groups is 2. The molecule has 1 amide bonds. The molecule has 7 nitrogen and oxygen atoms in total. The van der Waals surface area contributed by atoms with E-state index >= 15 is 0 Å². The summed E-state index contributed by atoms with van der Waals surface area (Å²) < 4.78 is 15.9. The molecule has 0 unspecified atom stereocenters. The Morgan fingerprint density at radius 2 is 1.41 bits per heavy atom. The second-order valence-electron chi connectivity index (χ2n) is 10.4. The van der Waals surface area contributed by atoms with E-state index in [1.807, 2.05) is 66.9 Å². The Hall–Kier alpha value is -4.27. The third-order valence-electron chi connectivity index (χ3n) is 6.93. The van der Waals surface area contributed by atoms with Crippen LogP contribution in [0.2, 0.25) is 0 Å². The minimum absolute atomic E-state index is 0.0818. The molecule has 0 aliphatic rings. The molecule has 3 aromatic carbocycles. The molecule has 41 heavy (non-hydrogen) atoms. The van der Waals surface area contributed by atoms with E-state index in [1.54, 1.807) is 24.3 Å². The second-order valence-corrected chi connectivity index (χ2v) is 10.4. The molecule has 0 saturated heterocycles. The molecule has 0 aliphatic carbocycles. The number of para-hydroxylation sites is 1. The van der Waals surface area contributed by atoms with Crippen LogP contribution in [0.3, 0.4) is 0 Å². The summed E-state index contributed by atoms with van der Waals surface area (Å²) in [5.74, 6) is -1.97. The Labute approximate surface area is 238 Å². The van der Waals surface area contributed by atoms with E-state index in [1.165, 1.54) is 12.1 Å². The Kier molecular flexibility index (Phi) is 9.70. The number of amides is 1. The quantitative estimate of drug-likeness (QED) is 0.163. The van der Waals surface area contributed by atoms with Gasteiger partial charge in [0.15, 0.2) is 0 Å². The lowest BCUT2D eigenvalue weighted by Crippen LogP contribution is -2.23. The Morgan fingerprint density at radius 3 is 2.00 bits per heavy atom. The van der Waals surface area contributed by atoms with Gasteiger partial charge in [0.2, 0.25) is 0 Å². The normalized spacial score (nSPS) is 12.7. The van der Waals surface area contributed by atoms with Gasteiger partial charge in [0.1, 0.15) is 5.82 Å². The lowest BCUT2D eigenvalue weighted by atomic mass is 9.94. The van der Waals surface area contributed by atoms with Crippen molar-refractivity contribution in [1.29, 1.82) is 0 Å². The lowest BCUT2D eigenvalue weighted by Gasteiger charge is -2.21. The van der Waals surface area contributed by atoms with Gasteiger partial charge in [-0.3, -0.25) is 9.59 Å². The fourth-order valence-electron chi connectivity index (χ4n) is 5.16. The van der Waals surface area contributed by atoms with Crippen LogP contribution in [0, 0.1) is 5.82 Å². The number of benzene rings is 3. The van der Waals surface area contributed by atoms with E-state index in [0.29, 0.717) is 33.8 Å². The van der Waals surface area contributed by atoms with E-state index in [-0.39, 0.29) is 31.2 Å². The van der Waals surface area contributed by atoms with Crippen molar-refractivity contribution in [1.82, 2.24) is 4.57 Å². The molecule has 4 N–H and O–H groups in total. The molecule has 0 saturated carbocycles. The molecule has 4 aromatic rings. The molecule has 4 rings (SSSR count). The number of aliphatic carboxylic acids is 1. The molecular formula is C33H35FN2O5. The molecule has 1 aromatic heterocycles. The van der Waals surface area contributed by atoms with Gasteiger partial charge in [0, 0.05) is 23.5 Å². The van der Waals surface area contributed by atoms with Crippen molar-refractivity contribution in [3.63, 3.8) is 0 Å². The average Bonchev–Trinajstić information content (AvgIpc) is 3.28. The maximum Gasteiger partial charge on any atom is 0.305 e. The summed E-state index contributed by atoms with van der Waals surface area (Å²) in [5, 5.41) is 33.2. The van der Waals surface area contributed by atoms with E-state index < -0.39 is 30.4 Å². The number of carbonyl (C=O) groups is 2. The fraction of sp³-hybridized carbons (Fsp3) is 0.273. The number of nitrogens with one attached hydrogen (secondary N) is 1. The number of carboxylic acids is 1. The first-order chi connectivity index (χ1) is 19.7.